The molecule has 13 heavy (non-hydrogen) atoms. The van der Waals surface area contributed by atoms with Gasteiger partial charge in [0.05, 0.1) is 11.9 Å². The molecular formula is C8H14N4O. The molecule has 1 aromatic heterocycles. The Morgan fingerprint density at radius 3 is 2.62 bits per heavy atom. The highest BCUT2D eigenvalue weighted by Gasteiger charge is 2.22. The first kappa shape index (κ1) is 9.57. The fourth-order valence-corrected chi connectivity index (χ4v) is 0.697. The number of nitrogens with one attached hydrogen (secondary N) is 2. The molecule has 0 bridgehead atoms. The molecule has 0 unspecified atom stereocenters. The summed E-state index contributed by atoms with van der Waals surface area (Å²) in [6.45, 7) is 5.48. The van der Waals surface area contributed by atoms with Gasteiger partial charge >= 0.3 is 0 Å². The number of nitrogens with zero attached hydrogens (tertiary/aromatic N) is 1. The van der Waals surface area contributed by atoms with E-state index in [1.54, 1.807) is 0 Å². The number of anilines is 2. The fraction of sp³-hybridized carbons (Fsp3) is 0.500. The minimum atomic E-state index is -0.433. The minimum absolute atomic E-state index is 0.0940. The second-order valence-electron chi connectivity index (χ2n) is 3.90. The molecule has 5 nitrogen and oxygen atoms in total. The Labute approximate surface area is 76.7 Å². The predicted molar refractivity (Wildman–Crippen MR) is 51.1 cm³/mol. The van der Waals surface area contributed by atoms with Crippen molar-refractivity contribution in [2.24, 2.45) is 5.41 Å². The quantitative estimate of drug-likeness (QED) is 0.605. The van der Waals surface area contributed by atoms with Crippen LogP contribution in [0.2, 0.25) is 0 Å². The van der Waals surface area contributed by atoms with Gasteiger partial charge in [-0.2, -0.15) is 5.10 Å². The van der Waals surface area contributed by atoms with E-state index in [9.17, 15) is 4.79 Å². The topological polar surface area (TPSA) is 83.8 Å². The summed E-state index contributed by atoms with van der Waals surface area (Å²) in [4.78, 5) is 11.5. The van der Waals surface area contributed by atoms with Crippen molar-refractivity contribution in [1.82, 2.24) is 10.2 Å². The Kier molecular flexibility index (Phi) is 2.27. The van der Waals surface area contributed by atoms with Crippen molar-refractivity contribution in [2.45, 2.75) is 20.8 Å². The number of carbonyl (C=O) groups excluding carboxylic acids is 1. The fourth-order valence-electron chi connectivity index (χ4n) is 0.697. The summed E-state index contributed by atoms with van der Waals surface area (Å²) < 4.78 is 0. The van der Waals surface area contributed by atoms with Gasteiger partial charge in [0.25, 0.3) is 0 Å². The molecule has 4 N–H and O–H groups in total. The van der Waals surface area contributed by atoms with E-state index in [4.69, 9.17) is 5.73 Å². The van der Waals surface area contributed by atoms with Gasteiger partial charge in [-0.15, -0.1) is 0 Å². The van der Waals surface area contributed by atoms with Crippen LogP contribution in [0.15, 0.2) is 6.20 Å². The highest BCUT2D eigenvalue weighted by atomic mass is 16.2. The van der Waals surface area contributed by atoms with Crippen molar-refractivity contribution in [1.29, 1.82) is 0 Å². The lowest BCUT2D eigenvalue weighted by atomic mass is 9.96. The molecule has 0 atom stereocenters. The van der Waals surface area contributed by atoms with Crippen LogP contribution in [-0.4, -0.2) is 16.1 Å². The van der Waals surface area contributed by atoms with E-state index in [0.29, 0.717) is 11.5 Å². The Morgan fingerprint density at radius 2 is 2.23 bits per heavy atom. The summed E-state index contributed by atoms with van der Waals surface area (Å²) in [6.07, 6.45) is 1.46. The van der Waals surface area contributed by atoms with Gasteiger partial charge in [0, 0.05) is 5.41 Å². The number of H-pyrrole nitrogens is 1. The van der Waals surface area contributed by atoms with Crippen LogP contribution < -0.4 is 11.1 Å². The minimum Gasteiger partial charge on any atom is -0.394 e. The van der Waals surface area contributed by atoms with E-state index in [1.807, 2.05) is 20.8 Å². The number of amides is 1. The Balaban J connectivity index is 2.71. The number of carbonyl (C=O) groups is 1. The highest BCUT2D eigenvalue weighted by Crippen LogP contribution is 2.19. The SMILES string of the molecule is CC(C)(C)C(=O)Nc1[nH]ncc1N. The summed E-state index contributed by atoms with van der Waals surface area (Å²) in [7, 11) is 0. The van der Waals surface area contributed by atoms with Gasteiger partial charge in [0.2, 0.25) is 5.91 Å². The monoisotopic (exact) mass is 182 g/mol. The number of hydrogen-bond acceptors (Lipinski definition) is 3. The van der Waals surface area contributed by atoms with E-state index < -0.39 is 5.41 Å². The van der Waals surface area contributed by atoms with Gasteiger partial charge in [-0.05, 0) is 0 Å². The highest BCUT2D eigenvalue weighted by molar-refractivity contribution is 5.95. The normalized spacial score (nSPS) is 11.3. The average Bonchev–Trinajstić information content (AvgIpc) is 2.34. The van der Waals surface area contributed by atoms with Gasteiger partial charge in [0.1, 0.15) is 0 Å². The lowest BCUT2D eigenvalue weighted by molar-refractivity contribution is -0.123. The molecule has 1 rings (SSSR count). The molecule has 0 spiro atoms. The van der Waals surface area contributed by atoms with Crippen molar-refractivity contribution < 1.29 is 4.79 Å². The molecule has 1 heterocycles. The molecule has 72 valence electrons. The van der Waals surface area contributed by atoms with Gasteiger partial charge in [0.15, 0.2) is 5.82 Å². The van der Waals surface area contributed by atoms with Crippen molar-refractivity contribution >= 4 is 17.4 Å². The average molecular weight is 182 g/mol. The Hall–Kier alpha value is -1.52. The maximum Gasteiger partial charge on any atom is 0.230 e. The summed E-state index contributed by atoms with van der Waals surface area (Å²) >= 11 is 0. The van der Waals surface area contributed by atoms with E-state index in [1.165, 1.54) is 6.20 Å². The van der Waals surface area contributed by atoms with Crippen LogP contribution in [-0.2, 0) is 4.79 Å². The van der Waals surface area contributed by atoms with Crippen LogP contribution in [0.25, 0.3) is 0 Å². The molecule has 5 heteroatoms. The standard InChI is InChI=1S/C8H14N4O/c1-8(2,3)7(13)11-6-5(9)4-10-12-6/h4H,9H2,1-3H3,(H2,10,11,12,13). The molecule has 0 aromatic carbocycles. The van der Waals surface area contributed by atoms with E-state index >= 15 is 0 Å². The first-order valence-corrected chi connectivity index (χ1v) is 4.01. The number of hydrogen-bond donors (Lipinski definition) is 3. The second-order valence-corrected chi connectivity index (χ2v) is 3.90. The third-order valence-electron chi connectivity index (χ3n) is 1.59. The van der Waals surface area contributed by atoms with Crippen LogP contribution in [0.1, 0.15) is 20.8 Å². The lowest BCUT2D eigenvalue weighted by Gasteiger charge is -2.16. The number of nitrogens with two attached hydrogens (primary N) is 1. The zero-order valence-corrected chi connectivity index (χ0v) is 8.01. The van der Waals surface area contributed by atoms with Crippen molar-refractivity contribution in [3.63, 3.8) is 0 Å². The zero-order chi connectivity index (χ0) is 10.1. The number of rotatable bonds is 1. The summed E-state index contributed by atoms with van der Waals surface area (Å²) in [5.74, 6) is 0.364. The molecule has 0 aliphatic carbocycles. The van der Waals surface area contributed by atoms with Crippen LogP contribution >= 0.6 is 0 Å². The lowest BCUT2D eigenvalue weighted by Crippen LogP contribution is -2.28. The molecule has 1 aromatic rings. The van der Waals surface area contributed by atoms with Crippen LogP contribution in [0.5, 0.6) is 0 Å². The maximum atomic E-state index is 11.5. The van der Waals surface area contributed by atoms with Crippen LogP contribution in [0, 0.1) is 5.41 Å². The summed E-state index contributed by atoms with van der Waals surface area (Å²) in [6, 6.07) is 0. The summed E-state index contributed by atoms with van der Waals surface area (Å²) in [5.41, 5.74) is 5.53. The van der Waals surface area contributed by atoms with Gasteiger partial charge in [-0.3, -0.25) is 9.89 Å². The van der Waals surface area contributed by atoms with E-state index in [0.717, 1.165) is 0 Å². The zero-order valence-electron chi connectivity index (χ0n) is 8.01. The van der Waals surface area contributed by atoms with E-state index in [2.05, 4.69) is 15.5 Å². The second kappa shape index (κ2) is 3.08. The smallest absolute Gasteiger partial charge is 0.230 e. The molecule has 0 saturated carbocycles. The van der Waals surface area contributed by atoms with Gasteiger partial charge in [-0.1, -0.05) is 20.8 Å². The first-order chi connectivity index (χ1) is 5.91. The first-order valence-electron chi connectivity index (χ1n) is 4.01. The molecule has 0 radical (unpaired) electrons. The number of aromatic amines is 1. The largest absolute Gasteiger partial charge is 0.394 e. The predicted octanol–water partition coefficient (Wildman–Crippen LogP) is 0.976. The summed E-state index contributed by atoms with van der Waals surface area (Å²) in [5, 5.41) is 8.94. The van der Waals surface area contributed by atoms with Crippen molar-refractivity contribution in [3.8, 4) is 0 Å². The maximum absolute atomic E-state index is 11.5. The molecular weight excluding hydrogens is 168 g/mol. The van der Waals surface area contributed by atoms with Gasteiger partial charge < -0.3 is 11.1 Å². The molecule has 0 aliphatic heterocycles. The number of aromatic nitrogens is 2. The molecule has 0 aliphatic rings. The third kappa shape index (κ3) is 2.21. The van der Waals surface area contributed by atoms with Gasteiger partial charge in [-0.25, -0.2) is 0 Å². The third-order valence-corrected chi connectivity index (χ3v) is 1.59. The number of nitrogen functional groups attached to an aromatic ring is 1. The van der Waals surface area contributed by atoms with Crippen LogP contribution in [0.4, 0.5) is 11.5 Å². The van der Waals surface area contributed by atoms with Crippen molar-refractivity contribution in [3.05, 3.63) is 6.20 Å². The molecule has 1 amide bonds. The molecule has 0 saturated heterocycles. The van der Waals surface area contributed by atoms with Crippen LogP contribution in [0.3, 0.4) is 0 Å². The van der Waals surface area contributed by atoms with E-state index in [-0.39, 0.29) is 5.91 Å². The van der Waals surface area contributed by atoms with Crippen molar-refractivity contribution in [2.75, 3.05) is 11.1 Å². The molecule has 0 fully saturated rings. The Morgan fingerprint density at radius 1 is 1.62 bits per heavy atom. The Bertz CT molecular complexity index is 310.